The first-order valence-electron chi connectivity index (χ1n) is 9.37. The normalized spacial score (nSPS) is 11.8. The molecule has 2 aromatic heterocycles. The van der Waals surface area contributed by atoms with E-state index in [0.29, 0.717) is 28.7 Å². The molecule has 0 saturated heterocycles. The summed E-state index contributed by atoms with van der Waals surface area (Å²) in [4.78, 5) is 21.0. The smallest absolute Gasteiger partial charge is 0.241 e. The second-order valence-corrected chi connectivity index (χ2v) is 7.40. The molecule has 0 aliphatic rings. The van der Waals surface area contributed by atoms with Crippen molar-refractivity contribution in [1.82, 2.24) is 20.6 Å². The highest BCUT2D eigenvalue weighted by molar-refractivity contribution is 6.35. The zero-order chi connectivity index (χ0) is 20.5. The van der Waals surface area contributed by atoms with Crippen molar-refractivity contribution < 1.29 is 4.79 Å². The van der Waals surface area contributed by atoms with Gasteiger partial charge in [0.2, 0.25) is 5.91 Å². The van der Waals surface area contributed by atoms with Gasteiger partial charge in [0, 0.05) is 47.9 Å². The van der Waals surface area contributed by atoms with E-state index in [0.717, 1.165) is 24.0 Å². The van der Waals surface area contributed by atoms with Gasteiger partial charge in [-0.25, -0.2) is 0 Å². The molecule has 7 heteroatoms. The van der Waals surface area contributed by atoms with Crippen LogP contribution in [0.3, 0.4) is 0 Å². The van der Waals surface area contributed by atoms with Gasteiger partial charge < -0.3 is 10.6 Å². The van der Waals surface area contributed by atoms with Gasteiger partial charge in [-0.15, -0.1) is 0 Å². The molecule has 0 aliphatic heterocycles. The molecule has 5 nitrogen and oxygen atoms in total. The van der Waals surface area contributed by atoms with E-state index in [2.05, 4.69) is 20.6 Å². The molecule has 1 atom stereocenters. The monoisotopic (exact) mass is 428 g/mol. The number of carbonyl (C=O) groups is 1. The minimum absolute atomic E-state index is 0.127. The Morgan fingerprint density at radius 3 is 2.03 bits per heavy atom. The van der Waals surface area contributed by atoms with Crippen LogP contribution < -0.4 is 10.6 Å². The Hall–Kier alpha value is -2.47. The number of hydrogen-bond acceptors (Lipinski definition) is 4. The molecule has 0 saturated carbocycles. The van der Waals surface area contributed by atoms with Gasteiger partial charge in [0.05, 0.1) is 0 Å². The lowest BCUT2D eigenvalue weighted by Crippen LogP contribution is -2.39. The molecule has 0 bridgehead atoms. The van der Waals surface area contributed by atoms with Crippen molar-refractivity contribution in [1.29, 1.82) is 0 Å². The third-order valence-electron chi connectivity index (χ3n) is 4.51. The predicted molar refractivity (Wildman–Crippen MR) is 116 cm³/mol. The molecule has 2 N–H and O–H groups in total. The van der Waals surface area contributed by atoms with Gasteiger partial charge >= 0.3 is 0 Å². The molecule has 1 aromatic carbocycles. The maximum absolute atomic E-state index is 12.9. The van der Waals surface area contributed by atoms with Gasteiger partial charge in [-0.2, -0.15) is 0 Å². The lowest BCUT2D eigenvalue weighted by Gasteiger charge is -2.20. The van der Waals surface area contributed by atoms with E-state index in [9.17, 15) is 4.79 Å². The van der Waals surface area contributed by atoms with E-state index in [-0.39, 0.29) is 5.91 Å². The van der Waals surface area contributed by atoms with Crippen LogP contribution in [0.25, 0.3) is 0 Å². The summed E-state index contributed by atoms with van der Waals surface area (Å²) in [5.41, 5.74) is 2.96. The fourth-order valence-corrected chi connectivity index (χ4v) is 3.49. The number of aromatic nitrogens is 2. The standard InChI is InChI=1S/C22H22Cl2N4O/c23-18-1-2-19(20(24)15-18)21(27-13-7-16-3-9-25-10-4-16)22(29)28-14-8-17-5-11-26-12-6-17/h1-6,9-12,15,21,27H,7-8,13-14H2,(H,28,29)/t21-/m1/s1. The van der Waals surface area contributed by atoms with Gasteiger partial charge in [0.1, 0.15) is 6.04 Å². The van der Waals surface area contributed by atoms with Crippen LogP contribution in [-0.2, 0) is 17.6 Å². The first-order chi connectivity index (χ1) is 14.1. The minimum Gasteiger partial charge on any atom is -0.354 e. The maximum atomic E-state index is 12.9. The van der Waals surface area contributed by atoms with Crippen molar-refractivity contribution in [2.75, 3.05) is 13.1 Å². The second kappa shape index (κ2) is 10.9. The highest BCUT2D eigenvalue weighted by Gasteiger charge is 2.22. The van der Waals surface area contributed by atoms with E-state index in [4.69, 9.17) is 23.2 Å². The Morgan fingerprint density at radius 2 is 1.45 bits per heavy atom. The van der Waals surface area contributed by atoms with Crippen molar-refractivity contribution in [2.24, 2.45) is 0 Å². The van der Waals surface area contributed by atoms with Crippen LogP contribution in [0.2, 0.25) is 10.0 Å². The number of amides is 1. The summed E-state index contributed by atoms with van der Waals surface area (Å²) in [7, 11) is 0. The van der Waals surface area contributed by atoms with E-state index < -0.39 is 6.04 Å². The van der Waals surface area contributed by atoms with E-state index in [1.54, 1.807) is 43.0 Å². The van der Waals surface area contributed by atoms with Crippen LogP contribution >= 0.6 is 23.2 Å². The van der Waals surface area contributed by atoms with E-state index in [1.165, 1.54) is 0 Å². The Bertz CT molecular complexity index is 923. The SMILES string of the molecule is O=C(NCCc1ccncc1)[C@H](NCCc1ccncc1)c1ccc(Cl)cc1Cl. The number of nitrogens with one attached hydrogen (secondary N) is 2. The molecule has 0 fully saturated rings. The molecular weight excluding hydrogens is 407 g/mol. The van der Waals surface area contributed by atoms with Crippen molar-refractivity contribution in [2.45, 2.75) is 18.9 Å². The first-order valence-corrected chi connectivity index (χ1v) is 10.1. The van der Waals surface area contributed by atoms with Gasteiger partial charge in [-0.05, 0) is 65.9 Å². The van der Waals surface area contributed by atoms with Gasteiger partial charge in [0.15, 0.2) is 0 Å². The van der Waals surface area contributed by atoms with Crippen LogP contribution in [0.1, 0.15) is 22.7 Å². The third-order valence-corrected chi connectivity index (χ3v) is 5.07. The number of carbonyl (C=O) groups excluding carboxylic acids is 1. The Kier molecular flexibility index (Phi) is 7.99. The van der Waals surface area contributed by atoms with Crippen molar-refractivity contribution in [3.8, 4) is 0 Å². The summed E-state index contributed by atoms with van der Waals surface area (Å²) >= 11 is 12.4. The maximum Gasteiger partial charge on any atom is 0.241 e. The number of hydrogen-bond donors (Lipinski definition) is 2. The third kappa shape index (κ3) is 6.53. The van der Waals surface area contributed by atoms with Crippen LogP contribution in [0.5, 0.6) is 0 Å². The van der Waals surface area contributed by atoms with Crippen molar-refractivity contribution in [3.63, 3.8) is 0 Å². The molecule has 3 aromatic rings. The summed E-state index contributed by atoms with van der Waals surface area (Å²) in [5, 5.41) is 7.32. The highest BCUT2D eigenvalue weighted by Crippen LogP contribution is 2.26. The number of benzene rings is 1. The van der Waals surface area contributed by atoms with Crippen LogP contribution in [0, 0.1) is 0 Å². The van der Waals surface area contributed by atoms with Gasteiger partial charge in [-0.1, -0.05) is 29.3 Å². The Labute approximate surface area is 180 Å². The number of halogens is 2. The Morgan fingerprint density at radius 1 is 0.862 bits per heavy atom. The van der Waals surface area contributed by atoms with Crippen LogP contribution in [0.15, 0.2) is 67.3 Å². The molecule has 0 aliphatic carbocycles. The molecule has 29 heavy (non-hydrogen) atoms. The predicted octanol–water partition coefficient (Wildman–Crippen LogP) is 4.02. The average molecular weight is 429 g/mol. The quantitative estimate of drug-likeness (QED) is 0.539. The van der Waals surface area contributed by atoms with E-state index >= 15 is 0 Å². The fraction of sp³-hybridized carbons (Fsp3) is 0.227. The molecule has 1 amide bonds. The topological polar surface area (TPSA) is 66.9 Å². The number of nitrogens with zero attached hydrogens (tertiary/aromatic N) is 2. The number of pyridine rings is 2. The van der Waals surface area contributed by atoms with Gasteiger partial charge in [0.25, 0.3) is 0 Å². The average Bonchev–Trinajstić information content (AvgIpc) is 2.73. The molecule has 2 heterocycles. The molecule has 0 radical (unpaired) electrons. The molecule has 150 valence electrons. The van der Waals surface area contributed by atoms with E-state index in [1.807, 2.05) is 24.3 Å². The number of rotatable bonds is 9. The summed E-state index contributed by atoms with van der Waals surface area (Å²) < 4.78 is 0. The first kappa shape index (κ1) is 21.2. The van der Waals surface area contributed by atoms with Crippen LogP contribution in [0.4, 0.5) is 0 Å². The van der Waals surface area contributed by atoms with Crippen molar-refractivity contribution in [3.05, 3.63) is 94.0 Å². The zero-order valence-electron chi connectivity index (χ0n) is 15.8. The van der Waals surface area contributed by atoms with Crippen LogP contribution in [-0.4, -0.2) is 29.0 Å². The summed E-state index contributed by atoms with van der Waals surface area (Å²) in [6, 6.07) is 12.4. The summed E-state index contributed by atoms with van der Waals surface area (Å²) in [6.07, 6.45) is 8.51. The fourth-order valence-electron chi connectivity index (χ4n) is 2.97. The highest BCUT2D eigenvalue weighted by atomic mass is 35.5. The second-order valence-electron chi connectivity index (χ2n) is 6.55. The molecule has 0 unspecified atom stereocenters. The summed E-state index contributed by atoms with van der Waals surface area (Å²) in [6.45, 7) is 1.14. The molecule has 3 rings (SSSR count). The lowest BCUT2D eigenvalue weighted by molar-refractivity contribution is -0.123. The Balaban J connectivity index is 1.65. The molecular formula is C22H22Cl2N4O. The molecule has 0 spiro atoms. The van der Waals surface area contributed by atoms with Crippen molar-refractivity contribution >= 4 is 29.1 Å². The zero-order valence-corrected chi connectivity index (χ0v) is 17.3. The largest absolute Gasteiger partial charge is 0.354 e. The summed E-state index contributed by atoms with van der Waals surface area (Å²) in [5.74, 6) is -0.127. The lowest BCUT2D eigenvalue weighted by atomic mass is 10.0. The van der Waals surface area contributed by atoms with Gasteiger partial charge in [-0.3, -0.25) is 14.8 Å². The minimum atomic E-state index is -0.570.